The largest absolute Gasteiger partial charge is 0.494 e. The average molecular weight is 1350 g/mol. The average Bonchev–Trinajstić information content (AvgIpc) is 1.28. The lowest BCUT2D eigenvalue weighted by atomic mass is 10.1. The van der Waals surface area contributed by atoms with Gasteiger partial charge in [-0.2, -0.15) is 0 Å². The van der Waals surface area contributed by atoms with E-state index in [0.29, 0.717) is 74.2 Å². The Kier molecular flexibility index (Phi) is 30.9. The summed E-state index contributed by atoms with van der Waals surface area (Å²) >= 11 is 0. The van der Waals surface area contributed by atoms with Gasteiger partial charge in [-0.1, -0.05) is 29.8 Å². The number of pyridine rings is 1. The highest BCUT2D eigenvalue weighted by atomic mass is 19.3. The number of carbonyl (C=O) groups excluding carboxylic acids is 7. The molecule has 29 nitrogen and oxygen atoms in total. The second-order valence-corrected chi connectivity index (χ2v) is 24.2. The van der Waals surface area contributed by atoms with Gasteiger partial charge in [0.05, 0.1) is 82.4 Å². The van der Waals surface area contributed by atoms with Crippen LogP contribution in [0.2, 0.25) is 0 Å². The summed E-state index contributed by atoms with van der Waals surface area (Å²) in [4.78, 5) is 155. The molecule has 7 N–H and O–H groups in total. The van der Waals surface area contributed by atoms with Gasteiger partial charge in [-0.05, 0) is 82.2 Å². The van der Waals surface area contributed by atoms with Crippen molar-refractivity contribution in [3.8, 4) is 5.75 Å². The molecule has 3 aromatic rings. The zero-order valence-corrected chi connectivity index (χ0v) is 55.2. The number of nitrogens with one attached hydrogen (secondary N) is 4. The second kappa shape index (κ2) is 38.8. The number of piperazine rings is 1. The summed E-state index contributed by atoms with van der Waals surface area (Å²) < 4.78 is 39.4. The third-order valence-electron chi connectivity index (χ3n) is 16.7. The number of rotatable bonds is 32. The summed E-state index contributed by atoms with van der Waals surface area (Å²) in [5, 5.41) is 40.4. The monoisotopic (exact) mass is 1350 g/mol. The molecule has 0 aliphatic carbocycles. The molecule has 3 atom stereocenters. The number of alkyl halides is 2. The van der Waals surface area contributed by atoms with Gasteiger partial charge in [0.15, 0.2) is 0 Å². The minimum absolute atomic E-state index is 0.0503. The van der Waals surface area contributed by atoms with Crippen molar-refractivity contribution in [2.45, 2.75) is 95.7 Å². The van der Waals surface area contributed by atoms with E-state index in [4.69, 9.17) is 9.47 Å². The van der Waals surface area contributed by atoms with Gasteiger partial charge in [0.1, 0.15) is 17.8 Å². The van der Waals surface area contributed by atoms with E-state index in [-0.39, 0.29) is 123 Å². The molecule has 0 spiro atoms. The number of carboxylic acids is 3. The smallest absolute Gasteiger partial charge is 0.317 e. The molecule has 3 aliphatic rings. The number of aryl methyl sites for hydroxylation is 2. The summed E-state index contributed by atoms with van der Waals surface area (Å²) in [6.45, 7) is 4.59. The number of unbranched alkanes of at least 4 members (excludes halogenated alkanes) is 1. The molecule has 0 radical (unpaired) electrons. The standard InChI is InChI=1S/C65H92F2N14O15/c1-45-12-14-47(15-13-45)9-7-11-55(82)72-46(2)69-19-6-5-10-53(73-56(83)40-76-22-24-77(41-58(85)86)26-28-79(43-60(89)90)29-27-78(25-23-76)42-59(87)88)63(93)74-54(36-61(91)95-4)64(94)80-32-30-75(31-33-80)21-8-34-96-49-16-17-52-51(35-49)50(18-20-70-52)62(92)71-39-57(84)81-44-65(66,67)37-48(81)38-68-3/h12-18,20,35,38,48,53-54H,5-11,19,21-34,36-37,39-44H2,1-4H3,(H,71,92)(H,73,83)(H,74,93)(H,85,86)(H,87,88)(H,89,90)(H,69,72,82)/b68-38+/t48-,53+,54+/m1/s1. The number of methoxy groups -OCH3 is 1. The van der Waals surface area contributed by atoms with Crippen molar-refractivity contribution >= 4 is 82.3 Å². The number of nitrogens with zero attached hydrogens (tertiary/aromatic N) is 10. The molecule has 6 amide bonds. The first kappa shape index (κ1) is 76.4. The number of hydrogen-bond acceptors (Lipinski definition) is 20. The molecule has 0 unspecified atom stereocenters. The van der Waals surface area contributed by atoms with E-state index in [9.17, 15) is 72.0 Å². The fraction of sp³-hybridized carbons (Fsp3) is 0.585. The first-order valence-electron chi connectivity index (χ1n) is 32.4. The van der Waals surface area contributed by atoms with Crippen LogP contribution in [-0.2, 0) is 54.3 Å². The Hall–Kier alpha value is -8.65. The molecular weight excluding hydrogens is 1250 g/mol. The number of amides is 6. The van der Waals surface area contributed by atoms with Gasteiger partial charge >= 0.3 is 23.9 Å². The van der Waals surface area contributed by atoms with Crippen LogP contribution in [0.25, 0.3) is 10.9 Å². The fourth-order valence-electron chi connectivity index (χ4n) is 11.5. The number of fused-ring (bicyclic) bond motifs is 1. The SMILES string of the molecule is C/N=C/[C@H]1CC(F)(F)CN1C(=O)CNC(=O)c1ccnc2ccc(OCCCN3CCN(C(=O)[C@H](CC(=O)OC)NC(=O)[C@H](CCCC/N=C(\C)NC(=O)CCCc4ccc(C)cc4)NC(=O)CN4CCN(CC(=O)O)CCN(CC(=O)O)CCN(CC(=O)O)CC4)CC3)cc12. The minimum atomic E-state index is -3.08. The normalized spacial score (nSPS) is 18.0. The quantitative estimate of drug-likeness (QED) is 0.0197. The predicted molar refractivity (Wildman–Crippen MR) is 350 cm³/mol. The first-order valence-corrected chi connectivity index (χ1v) is 32.4. The highest BCUT2D eigenvalue weighted by Crippen LogP contribution is 2.31. The van der Waals surface area contributed by atoms with Crippen LogP contribution in [0.15, 0.2) is 64.7 Å². The van der Waals surface area contributed by atoms with Crippen LogP contribution < -0.4 is 26.0 Å². The van der Waals surface area contributed by atoms with Crippen LogP contribution in [-0.4, -0.2) is 302 Å². The van der Waals surface area contributed by atoms with Crippen molar-refractivity contribution in [2.75, 3.05) is 152 Å². The molecule has 2 aromatic carbocycles. The van der Waals surface area contributed by atoms with Crippen molar-refractivity contribution in [1.29, 1.82) is 0 Å². The number of halogens is 2. The molecule has 4 heterocycles. The maximum Gasteiger partial charge on any atom is 0.317 e. The summed E-state index contributed by atoms with van der Waals surface area (Å²) in [5.41, 5.74) is 2.96. The van der Waals surface area contributed by atoms with Gasteiger partial charge < -0.3 is 55.9 Å². The van der Waals surface area contributed by atoms with Crippen LogP contribution in [0.5, 0.6) is 5.75 Å². The van der Waals surface area contributed by atoms with Crippen molar-refractivity contribution < 1.29 is 81.5 Å². The van der Waals surface area contributed by atoms with Crippen LogP contribution in [0.1, 0.15) is 79.8 Å². The number of aliphatic imine (C=N–C) groups is 2. The first-order chi connectivity index (χ1) is 45.9. The van der Waals surface area contributed by atoms with Crippen LogP contribution in [0, 0.1) is 6.92 Å². The number of likely N-dealkylation sites (tertiary alicyclic amines) is 1. The number of carbonyl (C=O) groups is 10. The maximum atomic E-state index is 14.5. The number of amidine groups is 1. The molecule has 0 saturated carbocycles. The summed E-state index contributed by atoms with van der Waals surface area (Å²) in [6.07, 6.45) is 4.67. The van der Waals surface area contributed by atoms with E-state index in [1.54, 1.807) is 44.7 Å². The molecular formula is C65H92F2N14O15. The Morgan fingerprint density at radius 3 is 1.93 bits per heavy atom. The Balaban J connectivity index is 1.06. The topological polar surface area (TPSA) is 358 Å². The molecule has 0 bridgehead atoms. The van der Waals surface area contributed by atoms with Gasteiger partial charge in [-0.3, -0.25) is 87.4 Å². The lowest BCUT2D eigenvalue weighted by Crippen LogP contribution is -2.58. The van der Waals surface area contributed by atoms with Gasteiger partial charge in [-0.25, -0.2) is 8.78 Å². The molecule has 3 fully saturated rings. The van der Waals surface area contributed by atoms with Crippen molar-refractivity contribution in [3.63, 3.8) is 0 Å². The Labute approximate surface area is 556 Å². The molecule has 526 valence electrons. The van der Waals surface area contributed by atoms with Crippen molar-refractivity contribution in [1.82, 2.24) is 60.6 Å². The lowest BCUT2D eigenvalue weighted by Gasteiger charge is -2.36. The molecule has 3 saturated heterocycles. The molecule has 6 rings (SSSR count). The zero-order chi connectivity index (χ0) is 69.7. The van der Waals surface area contributed by atoms with E-state index in [0.717, 1.165) is 29.6 Å². The zero-order valence-electron chi connectivity index (χ0n) is 55.2. The third kappa shape index (κ3) is 26.5. The van der Waals surface area contributed by atoms with E-state index in [2.05, 4.69) is 41.1 Å². The van der Waals surface area contributed by atoms with Gasteiger partial charge in [-0.15, -0.1) is 0 Å². The van der Waals surface area contributed by atoms with Crippen molar-refractivity contribution in [3.05, 3.63) is 71.4 Å². The van der Waals surface area contributed by atoms with Crippen molar-refractivity contribution in [2.24, 2.45) is 9.98 Å². The van der Waals surface area contributed by atoms with Gasteiger partial charge in [0.25, 0.3) is 11.8 Å². The summed E-state index contributed by atoms with van der Waals surface area (Å²) in [7, 11) is 2.58. The van der Waals surface area contributed by atoms with Gasteiger partial charge in [0, 0.05) is 129 Å². The number of benzene rings is 2. The number of aromatic nitrogens is 1. The summed E-state index contributed by atoms with van der Waals surface area (Å²) in [6, 6.07) is 11.1. The Bertz CT molecular complexity index is 3180. The number of carboxylic acid groups (broad SMARTS) is 3. The number of aliphatic carboxylic acids is 3. The van der Waals surface area contributed by atoms with Gasteiger partial charge in [0.2, 0.25) is 29.5 Å². The van der Waals surface area contributed by atoms with E-state index in [1.165, 1.54) is 30.4 Å². The molecule has 1 aromatic heterocycles. The Morgan fingerprint density at radius 1 is 0.729 bits per heavy atom. The van der Waals surface area contributed by atoms with Crippen LogP contribution in [0.4, 0.5) is 8.78 Å². The second-order valence-electron chi connectivity index (χ2n) is 24.2. The third-order valence-corrected chi connectivity index (χ3v) is 16.7. The van der Waals surface area contributed by atoms with Crippen LogP contribution in [0.3, 0.4) is 0 Å². The van der Waals surface area contributed by atoms with E-state index in [1.807, 2.05) is 31.2 Å². The highest BCUT2D eigenvalue weighted by Gasteiger charge is 2.46. The number of hydrogen-bond donors (Lipinski definition) is 7. The fourth-order valence-corrected chi connectivity index (χ4v) is 11.5. The molecule has 31 heteroatoms. The molecule has 3 aliphatic heterocycles. The number of ether oxygens (including phenoxy) is 2. The van der Waals surface area contributed by atoms with E-state index >= 15 is 0 Å². The Morgan fingerprint density at radius 2 is 1.33 bits per heavy atom. The minimum Gasteiger partial charge on any atom is -0.494 e. The highest BCUT2D eigenvalue weighted by molar-refractivity contribution is 6.07. The van der Waals surface area contributed by atoms with E-state index < -0.39 is 103 Å². The summed E-state index contributed by atoms with van der Waals surface area (Å²) in [5.74, 6) is -9.75. The lowest BCUT2D eigenvalue weighted by molar-refractivity contribution is -0.147. The van der Waals surface area contributed by atoms with Crippen LogP contribution >= 0.6 is 0 Å². The molecule has 96 heavy (non-hydrogen) atoms. The maximum absolute atomic E-state index is 14.5. The predicted octanol–water partition coefficient (Wildman–Crippen LogP) is 0.859. The number of esters is 1.